The highest BCUT2D eigenvalue weighted by Gasteiger charge is 2.47. The highest BCUT2D eigenvalue weighted by Crippen LogP contribution is 2.52. The molecule has 0 N–H and O–H groups in total. The quantitative estimate of drug-likeness (QED) is 0.0473. The maximum absolute atomic E-state index is 15.2. The summed E-state index contributed by atoms with van der Waals surface area (Å²) in [7, 11) is 0. The lowest BCUT2D eigenvalue weighted by Gasteiger charge is -2.39. The van der Waals surface area contributed by atoms with Gasteiger partial charge in [0.1, 0.15) is 0 Å². The molecule has 5 heterocycles. The van der Waals surface area contributed by atoms with E-state index in [1.807, 2.05) is 232 Å². The van der Waals surface area contributed by atoms with Gasteiger partial charge in [-0.05, 0) is 163 Å². The van der Waals surface area contributed by atoms with Crippen LogP contribution in [0.2, 0.25) is 0 Å². The Labute approximate surface area is 604 Å². The van der Waals surface area contributed by atoms with E-state index in [2.05, 4.69) is 23.7 Å². The molecule has 104 heavy (non-hydrogen) atoms. The Kier molecular flexibility index (Phi) is 15.7. The van der Waals surface area contributed by atoms with Crippen LogP contribution in [-0.4, -0.2) is 96.0 Å². The Morgan fingerprint density at radius 2 is 0.510 bits per heavy atom. The third-order valence-electron chi connectivity index (χ3n) is 22.9. The van der Waals surface area contributed by atoms with E-state index in [4.69, 9.17) is 4.98 Å². The number of nitrogens with zero attached hydrogens (tertiary/aromatic N) is 5. The van der Waals surface area contributed by atoms with E-state index in [9.17, 15) is 28.8 Å². The number of hydrogen-bond acceptors (Lipinski definition) is 9. The molecule has 1 aromatic heterocycles. The summed E-state index contributed by atoms with van der Waals surface area (Å²) in [6, 6.07) is 36.4. The molecule has 4 aliphatic rings. The lowest BCUT2D eigenvalue weighted by atomic mass is 9.79. The van der Waals surface area contributed by atoms with Gasteiger partial charge in [-0.3, -0.25) is 62.9 Å². The van der Waals surface area contributed by atoms with Crippen LogP contribution in [0, 0.1) is 71.0 Å². The molecule has 13 nitrogen and oxygen atoms in total. The van der Waals surface area contributed by atoms with Crippen LogP contribution in [0.1, 0.15) is 216 Å². The summed E-state index contributed by atoms with van der Waals surface area (Å²) in [4.78, 5) is 130. The van der Waals surface area contributed by atoms with Crippen molar-refractivity contribution in [2.45, 2.75) is 135 Å². The summed E-state index contributed by atoms with van der Waals surface area (Å²) in [6.07, 6.45) is 1.71. The van der Waals surface area contributed by atoms with E-state index in [1.54, 1.807) is 6.20 Å². The van der Waals surface area contributed by atoms with Crippen molar-refractivity contribution in [2.75, 3.05) is 0 Å². The van der Waals surface area contributed by atoms with Gasteiger partial charge in [-0.1, -0.05) is 183 Å². The van der Waals surface area contributed by atoms with Gasteiger partial charge >= 0.3 is 0 Å². The van der Waals surface area contributed by atoms with Crippen LogP contribution >= 0.6 is 0 Å². The van der Waals surface area contributed by atoms with Gasteiger partial charge in [-0.2, -0.15) is 0 Å². The van der Waals surface area contributed by atoms with Crippen LogP contribution in [-0.2, 0) is 0 Å². The molecule has 0 unspecified atom stereocenters. The highest BCUT2D eigenvalue weighted by molar-refractivity contribution is 6.44. The van der Waals surface area contributed by atoms with Crippen molar-refractivity contribution in [3.8, 4) is 34.9 Å². The largest absolute Gasteiger partial charge is 0.271 e. The maximum atomic E-state index is 15.2. The zero-order valence-electron chi connectivity index (χ0n) is 61.6. The van der Waals surface area contributed by atoms with Gasteiger partial charge < -0.3 is 0 Å². The second-order valence-corrected chi connectivity index (χ2v) is 32.0. The lowest BCUT2D eigenvalue weighted by molar-refractivity contribution is 0.0423. The van der Waals surface area contributed by atoms with Crippen LogP contribution in [0.25, 0.3) is 97.4 Å². The van der Waals surface area contributed by atoms with E-state index in [0.29, 0.717) is 105 Å². The number of fused-ring (bicyclic) bond motifs is 4. The van der Waals surface area contributed by atoms with E-state index in [0.717, 1.165) is 59.4 Å². The first kappa shape index (κ1) is 67.3. The summed E-state index contributed by atoms with van der Waals surface area (Å²) in [5.74, 6) is 11.0. The molecule has 16 rings (SSSR count). The van der Waals surface area contributed by atoms with Crippen LogP contribution in [0.15, 0.2) is 128 Å². The predicted octanol–water partition coefficient (Wildman–Crippen LogP) is 18.8. The van der Waals surface area contributed by atoms with Crippen LogP contribution in [0.3, 0.4) is 0 Å². The van der Waals surface area contributed by atoms with Crippen LogP contribution in [0.5, 0.6) is 0 Å². The minimum atomic E-state index is -0.384. The number of carbonyl (C=O) groups is 8. The van der Waals surface area contributed by atoms with Gasteiger partial charge in [0.05, 0.1) is 5.69 Å². The van der Waals surface area contributed by atoms with Crippen LogP contribution in [0.4, 0.5) is 0 Å². The van der Waals surface area contributed by atoms with E-state index >= 15 is 9.59 Å². The molecule has 12 aromatic rings. The van der Waals surface area contributed by atoms with Crippen molar-refractivity contribution in [1.82, 2.24) is 24.6 Å². The average Bonchev–Trinajstić information content (AvgIpc) is 0.688. The van der Waals surface area contributed by atoms with Gasteiger partial charge in [-0.15, -0.1) is 0 Å². The predicted molar refractivity (Wildman–Crippen MR) is 413 cm³/mol. The van der Waals surface area contributed by atoms with Crippen molar-refractivity contribution in [1.29, 1.82) is 0 Å². The summed E-state index contributed by atoms with van der Waals surface area (Å²) in [5, 5.41) is 11.3. The Morgan fingerprint density at radius 1 is 0.250 bits per heavy atom. The van der Waals surface area contributed by atoms with Crippen molar-refractivity contribution < 1.29 is 38.4 Å². The van der Waals surface area contributed by atoms with Gasteiger partial charge in [-0.25, -0.2) is 0 Å². The van der Waals surface area contributed by atoms with Crippen molar-refractivity contribution in [3.05, 3.63) is 194 Å². The second-order valence-electron chi connectivity index (χ2n) is 32.0. The second kappa shape index (κ2) is 24.2. The Morgan fingerprint density at radius 3 is 0.798 bits per heavy atom. The molecule has 4 aliphatic heterocycles. The third-order valence-corrected chi connectivity index (χ3v) is 22.9. The first-order valence-electron chi connectivity index (χ1n) is 36.7. The molecular formula is C91H81N5O8. The molecule has 0 radical (unpaired) electrons. The fraction of sp³-hybridized carbons (Fsp3) is 0.308. The Balaban J connectivity index is 0.800. The zero-order chi connectivity index (χ0) is 73.6. The topological polar surface area (TPSA) is 162 Å². The number of rotatable bonds is 13. The summed E-state index contributed by atoms with van der Waals surface area (Å²) in [6.45, 7) is 32.6. The molecule has 8 amide bonds. The fourth-order valence-corrected chi connectivity index (χ4v) is 19.2. The number of aromatic nitrogens is 1. The maximum Gasteiger partial charge on any atom is 0.261 e. The smallest absolute Gasteiger partial charge is 0.261 e. The molecule has 0 saturated carbocycles. The first-order chi connectivity index (χ1) is 49.6. The summed E-state index contributed by atoms with van der Waals surface area (Å²) < 4.78 is 0. The van der Waals surface area contributed by atoms with E-state index in [1.165, 1.54) is 19.6 Å². The molecule has 518 valence electrons. The first-order valence-corrected chi connectivity index (χ1v) is 36.7. The molecular weight excluding hydrogens is 1290 g/mol. The minimum Gasteiger partial charge on any atom is -0.271 e. The highest BCUT2D eigenvalue weighted by atomic mass is 16.2. The minimum absolute atomic E-state index is 0.0139. The fourth-order valence-electron chi connectivity index (χ4n) is 19.2. The molecule has 13 heteroatoms. The summed E-state index contributed by atoms with van der Waals surface area (Å²) in [5.41, 5.74) is 7.27. The molecule has 0 aliphatic carbocycles. The monoisotopic (exact) mass is 1370 g/mol. The molecule has 0 spiro atoms. The van der Waals surface area contributed by atoms with Crippen molar-refractivity contribution >= 4 is 133 Å². The summed E-state index contributed by atoms with van der Waals surface area (Å²) >= 11 is 0. The van der Waals surface area contributed by atoms with E-state index in [-0.39, 0.29) is 119 Å². The molecule has 0 bridgehead atoms. The third kappa shape index (κ3) is 9.57. The SMILES string of the molecule is CC(C)C(C(C)C)N1C(=O)c2ccc3c4ccc5c6c(cc(C#Cc7ccc(-c8ccc(C#Cc9cc%10c%11c(ccc%12c%13ccc%14c%15c(ccc(c9c%11%12)c%15%13)C(=O)N(C(C(C)C)C(C)C)C%14=O)C(=O)N(C(C(C)C)C(C)C)C%10=O)cn8)cc7)c(c7ccc(c2c37)C1=O)c64)C(=O)N(C(C(C)C)C(C)C)C5=O. The standard InChI is InChI=1S/C91H81N5O8/c1-42(2)80(43(3)4)93-84(97)61-32-26-55-57-28-34-65-76-67(90(103)95(88(65)101)82(46(9)10)47(11)12)39-53(70(78(57)76)59-30-36-63(86(93)99)74(61)72(55)59)24-19-50-17-22-52(23-18-50)69-38-21-51(41-92-69)20-25-54-40-68-77-66(89(102)96(91(68)104)83(48(13)14)49(15)16)35-29-58-56-27-33-62-75-64(37-31-60(73(56)75)71(54)79(58)77)87(100)94(85(62)98)81(44(5)6)45(7)8/h17-18,21-23,26-49,80-83H,1-16H3. The number of pyridine rings is 1. The molecule has 0 fully saturated rings. The number of benzene rings is 11. The van der Waals surface area contributed by atoms with Gasteiger partial charge in [0.2, 0.25) is 0 Å². The number of imide groups is 4. The lowest BCUT2D eigenvalue weighted by Crippen LogP contribution is -2.51. The molecule has 0 atom stereocenters. The van der Waals surface area contributed by atoms with Gasteiger partial charge in [0.15, 0.2) is 0 Å². The average molecular weight is 1370 g/mol. The Bertz CT molecular complexity index is 5560. The number of hydrogen-bond donors (Lipinski definition) is 0. The number of carbonyl (C=O) groups excluding carboxylic acids is 8. The zero-order valence-corrected chi connectivity index (χ0v) is 61.6. The van der Waals surface area contributed by atoms with Gasteiger partial charge in [0.25, 0.3) is 47.3 Å². The van der Waals surface area contributed by atoms with Crippen molar-refractivity contribution in [2.24, 2.45) is 47.3 Å². The van der Waals surface area contributed by atoms with Gasteiger partial charge in [0, 0.05) is 146 Å². The van der Waals surface area contributed by atoms with Crippen molar-refractivity contribution in [3.63, 3.8) is 0 Å². The van der Waals surface area contributed by atoms with E-state index < -0.39 is 0 Å². The normalized spacial score (nSPS) is 14.9. The number of amides is 8. The molecule has 11 aromatic carbocycles. The molecule has 0 saturated heterocycles. The van der Waals surface area contributed by atoms with Crippen LogP contribution < -0.4 is 0 Å². The Hall–Kier alpha value is -11.2.